The van der Waals surface area contributed by atoms with Crippen molar-refractivity contribution in [3.05, 3.63) is 80.2 Å². The number of allylic oxidation sites excluding steroid dienone is 1. The number of rotatable bonds is 5. The first-order valence-corrected chi connectivity index (χ1v) is 12.8. The van der Waals surface area contributed by atoms with Crippen molar-refractivity contribution in [3.63, 3.8) is 0 Å². The van der Waals surface area contributed by atoms with Crippen molar-refractivity contribution in [2.24, 2.45) is 4.99 Å². The fourth-order valence-corrected chi connectivity index (χ4v) is 6.44. The third-order valence-corrected chi connectivity index (χ3v) is 7.90. The van der Waals surface area contributed by atoms with Crippen molar-refractivity contribution in [2.75, 3.05) is 7.11 Å². The number of thioether (sulfide) groups is 1. The van der Waals surface area contributed by atoms with E-state index in [1.165, 1.54) is 30.0 Å². The Hall–Kier alpha value is -2.84. The summed E-state index contributed by atoms with van der Waals surface area (Å²) in [6.07, 6.45) is 3.29. The molecule has 1 amide bonds. The number of methoxy groups -OCH3 is 1. The molecule has 0 radical (unpaired) electrons. The fourth-order valence-electron chi connectivity index (χ4n) is 4.80. The van der Waals surface area contributed by atoms with Crippen LogP contribution in [0.4, 0.5) is 0 Å². The predicted molar refractivity (Wildman–Crippen MR) is 132 cm³/mol. The Morgan fingerprint density at radius 1 is 1.27 bits per heavy atom. The lowest BCUT2D eigenvalue weighted by Crippen LogP contribution is -2.38. The van der Waals surface area contributed by atoms with Gasteiger partial charge in [0.1, 0.15) is 0 Å². The van der Waals surface area contributed by atoms with Gasteiger partial charge in [-0.05, 0) is 65.1 Å². The van der Waals surface area contributed by atoms with Crippen molar-refractivity contribution < 1.29 is 14.3 Å². The average molecular weight is 480 g/mol. The van der Waals surface area contributed by atoms with Crippen molar-refractivity contribution in [1.82, 2.24) is 10.2 Å². The lowest BCUT2D eigenvalue weighted by molar-refractivity contribution is -0.136. The summed E-state index contributed by atoms with van der Waals surface area (Å²) >= 11 is 3.06. The molecule has 0 unspecified atom stereocenters. The van der Waals surface area contributed by atoms with Gasteiger partial charge < -0.3 is 15.0 Å². The van der Waals surface area contributed by atoms with Crippen LogP contribution in [-0.2, 0) is 20.7 Å². The third-order valence-electron chi connectivity index (χ3n) is 6.31. The van der Waals surface area contributed by atoms with Crippen LogP contribution in [0.1, 0.15) is 55.0 Å². The number of carbonyl (C=O) groups excluding carboxylic acids is 2. The number of hydrogen-bond acceptors (Lipinski definition) is 7. The van der Waals surface area contributed by atoms with Crippen molar-refractivity contribution in [2.45, 2.75) is 44.7 Å². The number of amides is 1. The number of benzene rings is 1. The number of aliphatic imine (C=N–C) groups is 1. The quantitative estimate of drug-likeness (QED) is 0.606. The van der Waals surface area contributed by atoms with Crippen LogP contribution in [0, 0.1) is 0 Å². The van der Waals surface area contributed by atoms with Crippen LogP contribution in [0.25, 0.3) is 0 Å². The Kier molecular flexibility index (Phi) is 6.12. The minimum Gasteiger partial charge on any atom is -0.466 e. The predicted octanol–water partition coefficient (Wildman–Crippen LogP) is 5.08. The van der Waals surface area contributed by atoms with Gasteiger partial charge in [-0.3, -0.25) is 4.79 Å². The van der Waals surface area contributed by atoms with E-state index in [0.717, 1.165) is 35.7 Å². The van der Waals surface area contributed by atoms with E-state index in [-0.39, 0.29) is 24.4 Å². The van der Waals surface area contributed by atoms with E-state index >= 15 is 0 Å². The summed E-state index contributed by atoms with van der Waals surface area (Å²) in [6.45, 7) is 1.84. The smallest absolute Gasteiger partial charge is 0.338 e. The zero-order valence-corrected chi connectivity index (χ0v) is 20.2. The molecule has 2 aromatic rings. The average Bonchev–Trinajstić information content (AvgIpc) is 3.48. The maximum absolute atomic E-state index is 13.2. The summed E-state index contributed by atoms with van der Waals surface area (Å²) in [6, 6.07) is 10.0. The van der Waals surface area contributed by atoms with Gasteiger partial charge in [-0.25, -0.2) is 9.79 Å². The number of thiophene rings is 1. The Morgan fingerprint density at radius 2 is 2.12 bits per heavy atom. The molecule has 2 atom stereocenters. The van der Waals surface area contributed by atoms with Crippen LogP contribution in [0.2, 0.25) is 0 Å². The first-order chi connectivity index (χ1) is 16.1. The number of carbonyl (C=O) groups is 2. The van der Waals surface area contributed by atoms with Gasteiger partial charge >= 0.3 is 5.97 Å². The van der Waals surface area contributed by atoms with E-state index < -0.39 is 5.97 Å². The van der Waals surface area contributed by atoms with Crippen molar-refractivity contribution in [1.29, 1.82) is 0 Å². The number of aryl methyl sites for hydroxylation is 1. The summed E-state index contributed by atoms with van der Waals surface area (Å²) in [5.74, 6) is -0.425. The topological polar surface area (TPSA) is 71.0 Å². The monoisotopic (exact) mass is 479 g/mol. The van der Waals surface area contributed by atoms with Crippen molar-refractivity contribution in [3.8, 4) is 0 Å². The lowest BCUT2D eigenvalue weighted by Gasteiger charge is -2.35. The maximum Gasteiger partial charge on any atom is 0.338 e. The molecule has 5 rings (SSSR count). The van der Waals surface area contributed by atoms with Crippen molar-refractivity contribution >= 4 is 40.1 Å². The normalized spacial score (nSPS) is 21.7. The van der Waals surface area contributed by atoms with Gasteiger partial charge in [-0.15, -0.1) is 0 Å². The molecule has 0 saturated carbocycles. The molecule has 1 N–H and O–H groups in total. The Morgan fingerprint density at radius 3 is 2.91 bits per heavy atom. The van der Waals surface area contributed by atoms with E-state index in [1.54, 1.807) is 11.3 Å². The molecular formula is C25H25N3O3S2. The highest BCUT2D eigenvalue weighted by atomic mass is 32.2. The van der Waals surface area contributed by atoms with Gasteiger partial charge in [0.05, 0.1) is 36.9 Å². The van der Waals surface area contributed by atoms with Crippen LogP contribution >= 0.6 is 23.1 Å². The molecule has 3 heterocycles. The first kappa shape index (κ1) is 22.0. The summed E-state index contributed by atoms with van der Waals surface area (Å²) in [5, 5.41) is 10.0. The minimum atomic E-state index is -0.397. The highest BCUT2D eigenvalue weighted by Gasteiger charge is 2.41. The number of nitrogens with one attached hydrogen (secondary N) is 1. The minimum absolute atomic E-state index is 0.0280. The molecule has 1 aromatic carbocycles. The van der Waals surface area contributed by atoms with E-state index in [0.29, 0.717) is 11.3 Å². The lowest BCUT2D eigenvalue weighted by atomic mass is 9.87. The second kappa shape index (κ2) is 9.19. The van der Waals surface area contributed by atoms with Gasteiger partial charge in [0.2, 0.25) is 5.91 Å². The molecule has 170 valence electrons. The molecule has 8 heteroatoms. The van der Waals surface area contributed by atoms with Gasteiger partial charge in [-0.2, -0.15) is 11.3 Å². The summed E-state index contributed by atoms with van der Waals surface area (Å²) in [5.41, 5.74) is 5.52. The standard InChI is InChI=1S/C25H25N3O3S2/c1-15-22(24(30)31-2)23(17-10-11-32-13-17)28-18(14-33-25(28)26-15)12-21(29)27-20-9-5-7-16-6-3-4-8-19(16)20/h3-4,6,8,10-11,13-14,20,23H,5,7,9,12H2,1-2H3,(H,27,29)/t20-,23+/m0/s1. The summed E-state index contributed by atoms with van der Waals surface area (Å²) < 4.78 is 5.09. The van der Waals surface area contributed by atoms with Crippen LogP contribution in [0.3, 0.4) is 0 Å². The molecule has 6 nitrogen and oxygen atoms in total. The van der Waals surface area contributed by atoms with Gasteiger partial charge in [-0.1, -0.05) is 36.0 Å². The highest BCUT2D eigenvalue weighted by Crippen LogP contribution is 2.45. The van der Waals surface area contributed by atoms with Crippen LogP contribution in [0.5, 0.6) is 0 Å². The summed E-state index contributed by atoms with van der Waals surface area (Å²) in [4.78, 5) is 32.5. The molecule has 3 aliphatic rings. The number of fused-ring (bicyclic) bond motifs is 2. The molecule has 33 heavy (non-hydrogen) atoms. The van der Waals surface area contributed by atoms with Gasteiger partial charge in [0, 0.05) is 5.70 Å². The first-order valence-electron chi connectivity index (χ1n) is 11.0. The number of nitrogens with zero attached hydrogens (tertiary/aromatic N) is 2. The molecule has 0 fully saturated rings. The van der Waals surface area contributed by atoms with Gasteiger partial charge in [0.25, 0.3) is 0 Å². The molecule has 1 aromatic heterocycles. The van der Waals surface area contributed by atoms with E-state index in [9.17, 15) is 9.59 Å². The largest absolute Gasteiger partial charge is 0.466 e. The second-order valence-electron chi connectivity index (χ2n) is 8.33. The second-order valence-corrected chi connectivity index (χ2v) is 9.95. The Balaban J connectivity index is 1.39. The third kappa shape index (κ3) is 4.13. The number of hydrogen-bond donors (Lipinski definition) is 1. The molecular weight excluding hydrogens is 454 g/mol. The molecule has 0 saturated heterocycles. The summed E-state index contributed by atoms with van der Waals surface area (Å²) in [7, 11) is 1.39. The van der Waals surface area contributed by atoms with E-state index in [2.05, 4.69) is 28.5 Å². The Bertz CT molecular complexity index is 1180. The number of amidine groups is 1. The molecule has 1 aliphatic carbocycles. The van der Waals surface area contributed by atoms with E-state index in [4.69, 9.17) is 4.74 Å². The van der Waals surface area contributed by atoms with E-state index in [1.807, 2.05) is 40.1 Å². The zero-order valence-electron chi connectivity index (χ0n) is 18.5. The van der Waals surface area contributed by atoms with Gasteiger partial charge in [0.15, 0.2) is 5.17 Å². The number of ether oxygens (including phenoxy) is 1. The van der Waals surface area contributed by atoms with Crippen LogP contribution in [-0.4, -0.2) is 29.1 Å². The molecule has 2 aliphatic heterocycles. The molecule has 0 spiro atoms. The van der Waals surface area contributed by atoms with Crippen LogP contribution < -0.4 is 5.32 Å². The highest BCUT2D eigenvalue weighted by molar-refractivity contribution is 8.16. The molecule has 0 bridgehead atoms. The zero-order chi connectivity index (χ0) is 22.9. The van der Waals surface area contributed by atoms with Crippen LogP contribution in [0.15, 0.2) is 68.5 Å². The maximum atomic E-state index is 13.2. The number of esters is 1. The Labute approximate surface area is 201 Å². The SMILES string of the molecule is COC(=O)C1=C(C)N=C2SC=C(CC(=O)N[C@H]3CCCc4ccccc43)N2[C@@H]1c1ccsc1. The fraction of sp³-hybridized carbons (Fsp3) is 0.320.